The van der Waals surface area contributed by atoms with Gasteiger partial charge in [-0.3, -0.25) is 0 Å². The average Bonchev–Trinajstić information content (AvgIpc) is 2.69. The molecule has 0 fully saturated rings. The number of rotatable bonds is 3. The largest absolute Gasteiger partial charge is 0.0622 e. The fourth-order valence-electron chi connectivity index (χ4n) is 3.84. The molecule has 0 radical (unpaired) electrons. The highest BCUT2D eigenvalue weighted by molar-refractivity contribution is 5.80. The number of hydrogen-bond donors (Lipinski definition) is 0. The van der Waals surface area contributed by atoms with E-state index in [-0.39, 0.29) is 0 Å². The van der Waals surface area contributed by atoms with Crippen LogP contribution in [-0.2, 0) is 0 Å². The van der Waals surface area contributed by atoms with Crippen LogP contribution in [0.25, 0.3) is 33.4 Å². The van der Waals surface area contributed by atoms with Crippen molar-refractivity contribution in [2.45, 2.75) is 20.8 Å². The highest BCUT2D eigenvalue weighted by Gasteiger charge is 2.10. The van der Waals surface area contributed by atoms with E-state index in [1.807, 2.05) is 0 Å². The summed E-state index contributed by atoms with van der Waals surface area (Å²) in [5, 5.41) is 0. The lowest BCUT2D eigenvalue weighted by Crippen LogP contribution is -1.91. The van der Waals surface area contributed by atoms with E-state index in [4.69, 9.17) is 0 Å². The molecule has 0 atom stereocenters. The van der Waals surface area contributed by atoms with Crippen molar-refractivity contribution < 1.29 is 0 Å². The Morgan fingerprint density at radius 1 is 0.370 bits per heavy atom. The molecule has 0 aliphatic heterocycles. The predicted molar refractivity (Wildman–Crippen MR) is 117 cm³/mol. The van der Waals surface area contributed by atoms with E-state index in [0.717, 1.165) is 0 Å². The van der Waals surface area contributed by atoms with Crippen molar-refractivity contribution in [1.82, 2.24) is 0 Å². The molecule has 0 heteroatoms. The minimum atomic E-state index is 1.27. The Kier molecular flexibility index (Phi) is 4.64. The minimum Gasteiger partial charge on any atom is -0.0622 e. The summed E-state index contributed by atoms with van der Waals surface area (Å²) in [6.07, 6.45) is 0. The van der Waals surface area contributed by atoms with Crippen molar-refractivity contribution in [2.75, 3.05) is 0 Å². The van der Waals surface area contributed by atoms with Crippen LogP contribution in [0.3, 0.4) is 0 Å². The monoisotopic (exact) mass is 348 g/mol. The molecule has 132 valence electrons. The zero-order chi connectivity index (χ0) is 18.8. The lowest BCUT2D eigenvalue weighted by Gasteiger charge is -2.14. The first-order valence-corrected chi connectivity index (χ1v) is 9.46. The molecule has 0 heterocycles. The topological polar surface area (TPSA) is 0 Å². The summed E-state index contributed by atoms with van der Waals surface area (Å²) in [7, 11) is 0. The Hall–Kier alpha value is -3.12. The normalized spacial score (nSPS) is 10.8. The molecule has 0 aliphatic rings. The SMILES string of the molecule is Cc1ccccc1-c1cccc(-c2cc(-c3ccccc3)c(C)cc2C)c1. The smallest absolute Gasteiger partial charge is 0.0148 e. The van der Waals surface area contributed by atoms with Crippen molar-refractivity contribution in [3.05, 3.63) is 108 Å². The Morgan fingerprint density at radius 2 is 0.926 bits per heavy atom. The third-order valence-electron chi connectivity index (χ3n) is 5.29. The van der Waals surface area contributed by atoms with Crippen LogP contribution < -0.4 is 0 Å². The summed E-state index contributed by atoms with van der Waals surface area (Å²) in [5.74, 6) is 0. The molecule has 0 bridgehead atoms. The van der Waals surface area contributed by atoms with Gasteiger partial charge in [-0.2, -0.15) is 0 Å². The maximum atomic E-state index is 2.34. The van der Waals surface area contributed by atoms with Gasteiger partial charge in [0.15, 0.2) is 0 Å². The van der Waals surface area contributed by atoms with Crippen molar-refractivity contribution >= 4 is 0 Å². The summed E-state index contributed by atoms with van der Waals surface area (Å²) in [6, 6.07) is 32.8. The molecule has 0 aromatic heterocycles. The molecule has 4 aromatic carbocycles. The van der Waals surface area contributed by atoms with Gasteiger partial charge in [-0.1, -0.05) is 78.9 Å². The Morgan fingerprint density at radius 3 is 1.63 bits per heavy atom. The molecule has 0 saturated heterocycles. The van der Waals surface area contributed by atoms with E-state index in [2.05, 4.69) is 112 Å². The van der Waals surface area contributed by atoms with Gasteiger partial charge in [0.2, 0.25) is 0 Å². The minimum absolute atomic E-state index is 1.27. The molecule has 27 heavy (non-hydrogen) atoms. The summed E-state index contributed by atoms with van der Waals surface area (Å²) >= 11 is 0. The van der Waals surface area contributed by atoms with Crippen molar-refractivity contribution in [2.24, 2.45) is 0 Å². The Bertz CT molecular complexity index is 1090. The van der Waals surface area contributed by atoms with Crippen LogP contribution in [-0.4, -0.2) is 0 Å². The summed E-state index contributed by atoms with van der Waals surface area (Å²) in [5.41, 5.74) is 11.6. The molecule has 0 amide bonds. The van der Waals surface area contributed by atoms with Gasteiger partial charge in [-0.05, 0) is 83.0 Å². The molecule has 4 rings (SSSR count). The predicted octanol–water partition coefficient (Wildman–Crippen LogP) is 7.61. The van der Waals surface area contributed by atoms with Crippen LogP contribution in [0, 0.1) is 20.8 Å². The molecule has 0 aliphatic carbocycles. The van der Waals surface area contributed by atoms with E-state index in [1.54, 1.807) is 0 Å². The van der Waals surface area contributed by atoms with Gasteiger partial charge < -0.3 is 0 Å². The molecule has 0 unspecified atom stereocenters. The van der Waals surface area contributed by atoms with Crippen LogP contribution in [0.4, 0.5) is 0 Å². The standard InChI is InChI=1S/C27H24/c1-19-10-7-8-15-25(19)23-13-9-14-24(17-23)27-18-26(20(2)16-21(27)3)22-11-5-4-6-12-22/h4-18H,1-3H3. The van der Waals surface area contributed by atoms with Crippen molar-refractivity contribution in [3.8, 4) is 33.4 Å². The van der Waals surface area contributed by atoms with E-state index < -0.39 is 0 Å². The van der Waals surface area contributed by atoms with Gasteiger partial charge in [0.1, 0.15) is 0 Å². The zero-order valence-corrected chi connectivity index (χ0v) is 16.2. The first-order valence-electron chi connectivity index (χ1n) is 9.46. The maximum Gasteiger partial charge on any atom is -0.0148 e. The number of hydrogen-bond acceptors (Lipinski definition) is 0. The second kappa shape index (κ2) is 7.25. The van der Waals surface area contributed by atoms with Gasteiger partial charge in [0.05, 0.1) is 0 Å². The van der Waals surface area contributed by atoms with Gasteiger partial charge in [0, 0.05) is 0 Å². The van der Waals surface area contributed by atoms with Gasteiger partial charge in [-0.15, -0.1) is 0 Å². The van der Waals surface area contributed by atoms with E-state index >= 15 is 0 Å². The maximum absolute atomic E-state index is 2.34. The van der Waals surface area contributed by atoms with Gasteiger partial charge in [-0.25, -0.2) is 0 Å². The fraction of sp³-hybridized carbons (Fsp3) is 0.111. The molecule has 4 aromatic rings. The number of benzene rings is 4. The van der Waals surface area contributed by atoms with E-state index in [9.17, 15) is 0 Å². The van der Waals surface area contributed by atoms with E-state index in [0.29, 0.717) is 0 Å². The lowest BCUT2D eigenvalue weighted by atomic mass is 9.90. The quantitative estimate of drug-likeness (QED) is 0.357. The van der Waals surface area contributed by atoms with Gasteiger partial charge >= 0.3 is 0 Å². The first-order chi connectivity index (χ1) is 13.1. The second-order valence-corrected chi connectivity index (χ2v) is 7.24. The summed E-state index contributed by atoms with van der Waals surface area (Å²) in [4.78, 5) is 0. The average molecular weight is 348 g/mol. The molecular weight excluding hydrogens is 324 g/mol. The van der Waals surface area contributed by atoms with Crippen molar-refractivity contribution in [1.29, 1.82) is 0 Å². The third kappa shape index (κ3) is 3.44. The molecule has 0 nitrogen and oxygen atoms in total. The van der Waals surface area contributed by atoms with Crippen LogP contribution in [0.1, 0.15) is 16.7 Å². The van der Waals surface area contributed by atoms with E-state index in [1.165, 1.54) is 50.1 Å². The molecule has 0 N–H and O–H groups in total. The molecule has 0 spiro atoms. The van der Waals surface area contributed by atoms with Crippen LogP contribution in [0.15, 0.2) is 91.0 Å². The summed E-state index contributed by atoms with van der Waals surface area (Å²) in [6.45, 7) is 6.58. The molecular formula is C27H24. The second-order valence-electron chi connectivity index (χ2n) is 7.24. The highest BCUT2D eigenvalue weighted by atomic mass is 14.1. The number of aryl methyl sites for hydroxylation is 3. The zero-order valence-electron chi connectivity index (χ0n) is 16.2. The van der Waals surface area contributed by atoms with Gasteiger partial charge in [0.25, 0.3) is 0 Å². The Balaban J connectivity index is 1.85. The third-order valence-corrected chi connectivity index (χ3v) is 5.29. The molecule has 0 saturated carbocycles. The van der Waals surface area contributed by atoms with Crippen LogP contribution in [0.2, 0.25) is 0 Å². The summed E-state index contributed by atoms with van der Waals surface area (Å²) < 4.78 is 0. The van der Waals surface area contributed by atoms with Crippen LogP contribution >= 0.6 is 0 Å². The lowest BCUT2D eigenvalue weighted by molar-refractivity contribution is 1.38. The first kappa shape index (κ1) is 17.3. The van der Waals surface area contributed by atoms with Crippen molar-refractivity contribution in [3.63, 3.8) is 0 Å². The Labute approximate surface area is 162 Å². The van der Waals surface area contributed by atoms with Crippen LogP contribution in [0.5, 0.6) is 0 Å². The highest BCUT2D eigenvalue weighted by Crippen LogP contribution is 2.34. The fourth-order valence-corrected chi connectivity index (χ4v) is 3.84.